The number of furan rings is 1. The van der Waals surface area contributed by atoms with Crippen LogP contribution in [-0.4, -0.2) is 5.11 Å². The Morgan fingerprint density at radius 1 is 1.43 bits per heavy atom. The van der Waals surface area contributed by atoms with Crippen LogP contribution in [-0.2, 0) is 12.0 Å². The summed E-state index contributed by atoms with van der Waals surface area (Å²) in [5, 5.41) is 9.98. The maximum absolute atomic E-state index is 9.98. The fourth-order valence-corrected chi connectivity index (χ4v) is 1.93. The molecule has 0 aromatic carbocycles. The first-order valence-corrected chi connectivity index (χ1v) is 5.42. The average Bonchev–Trinajstić information content (AvgIpc) is 2.50. The predicted molar refractivity (Wildman–Crippen MR) is 57.3 cm³/mol. The summed E-state index contributed by atoms with van der Waals surface area (Å²) < 4.78 is 5.48. The molecule has 1 aromatic rings. The highest BCUT2D eigenvalue weighted by molar-refractivity contribution is 5.29. The summed E-state index contributed by atoms with van der Waals surface area (Å²) in [5.41, 5.74) is 0.331. The quantitative estimate of drug-likeness (QED) is 0.691. The third-order valence-corrected chi connectivity index (χ3v) is 2.58. The number of fused-ring (bicyclic) bond motifs is 1. The first-order valence-electron chi connectivity index (χ1n) is 5.42. The summed E-state index contributed by atoms with van der Waals surface area (Å²) in [4.78, 5) is 0. The molecular formula is C12H20O2. The summed E-state index contributed by atoms with van der Waals surface area (Å²) in [5.74, 6) is 1.88. The van der Waals surface area contributed by atoms with Gasteiger partial charge in [0.2, 0.25) is 0 Å². The molecule has 0 spiro atoms. The van der Waals surface area contributed by atoms with E-state index in [1.165, 1.54) is 0 Å². The van der Waals surface area contributed by atoms with Crippen LogP contribution in [0.1, 0.15) is 50.7 Å². The van der Waals surface area contributed by atoms with Gasteiger partial charge in [-0.05, 0) is 32.8 Å². The zero-order valence-corrected chi connectivity index (χ0v) is 9.55. The van der Waals surface area contributed by atoms with Crippen LogP contribution in [0.5, 0.6) is 0 Å². The summed E-state index contributed by atoms with van der Waals surface area (Å²) >= 11 is 0. The molecule has 1 aromatic heterocycles. The van der Waals surface area contributed by atoms with E-state index in [1.54, 1.807) is 0 Å². The van der Waals surface area contributed by atoms with Crippen LogP contribution >= 0.6 is 0 Å². The number of hydrogen-bond donors (Lipinski definition) is 1. The second-order valence-electron chi connectivity index (χ2n) is 3.82. The maximum atomic E-state index is 9.98. The van der Waals surface area contributed by atoms with Crippen LogP contribution in [0, 0.1) is 6.92 Å². The van der Waals surface area contributed by atoms with Gasteiger partial charge in [-0.2, -0.15) is 0 Å². The van der Waals surface area contributed by atoms with Crippen molar-refractivity contribution in [1.82, 2.24) is 0 Å². The van der Waals surface area contributed by atoms with E-state index in [2.05, 4.69) is 0 Å². The molecule has 14 heavy (non-hydrogen) atoms. The lowest BCUT2D eigenvalue weighted by atomic mass is 9.84. The lowest BCUT2D eigenvalue weighted by molar-refractivity contribution is 0.0363. The molecule has 0 saturated heterocycles. The predicted octanol–water partition coefficient (Wildman–Crippen LogP) is 3.16. The van der Waals surface area contributed by atoms with E-state index in [-0.39, 0.29) is 0 Å². The van der Waals surface area contributed by atoms with Crippen molar-refractivity contribution in [3.63, 3.8) is 0 Å². The van der Waals surface area contributed by atoms with E-state index in [1.807, 2.05) is 33.8 Å². The van der Waals surface area contributed by atoms with Crippen LogP contribution in [0.3, 0.4) is 0 Å². The molecular weight excluding hydrogens is 176 g/mol. The molecule has 2 nitrogen and oxygen atoms in total. The van der Waals surface area contributed by atoms with Gasteiger partial charge in [-0.1, -0.05) is 13.8 Å². The van der Waals surface area contributed by atoms with Gasteiger partial charge in [-0.3, -0.25) is 0 Å². The normalized spacial score (nSPS) is 24.9. The highest BCUT2D eigenvalue weighted by atomic mass is 16.3. The maximum Gasteiger partial charge on any atom is 0.110 e. The van der Waals surface area contributed by atoms with Crippen molar-refractivity contribution in [2.45, 2.75) is 52.6 Å². The van der Waals surface area contributed by atoms with E-state index in [0.717, 1.165) is 36.3 Å². The SMILES string of the molecule is CC.Cc1cc2c(o1)CCCC2(C)O. The molecule has 1 N–H and O–H groups in total. The first kappa shape index (κ1) is 11.3. The topological polar surface area (TPSA) is 33.4 Å². The van der Waals surface area contributed by atoms with Crippen molar-refractivity contribution in [3.8, 4) is 0 Å². The molecule has 2 rings (SSSR count). The van der Waals surface area contributed by atoms with E-state index in [0.29, 0.717) is 0 Å². The van der Waals surface area contributed by atoms with Crippen LogP contribution in [0.25, 0.3) is 0 Å². The minimum Gasteiger partial charge on any atom is -0.466 e. The molecule has 1 atom stereocenters. The highest BCUT2D eigenvalue weighted by Gasteiger charge is 2.31. The fraction of sp³-hybridized carbons (Fsp3) is 0.667. The Morgan fingerprint density at radius 3 is 2.64 bits per heavy atom. The van der Waals surface area contributed by atoms with Crippen LogP contribution < -0.4 is 0 Å². The van der Waals surface area contributed by atoms with Crippen LogP contribution in [0.2, 0.25) is 0 Å². The van der Waals surface area contributed by atoms with Gasteiger partial charge in [0.15, 0.2) is 0 Å². The average molecular weight is 196 g/mol. The van der Waals surface area contributed by atoms with Gasteiger partial charge < -0.3 is 9.52 Å². The van der Waals surface area contributed by atoms with Gasteiger partial charge in [0, 0.05) is 12.0 Å². The third-order valence-electron chi connectivity index (χ3n) is 2.58. The fourth-order valence-electron chi connectivity index (χ4n) is 1.93. The van der Waals surface area contributed by atoms with Crippen molar-refractivity contribution in [3.05, 3.63) is 23.2 Å². The monoisotopic (exact) mass is 196 g/mol. The molecule has 0 radical (unpaired) electrons. The summed E-state index contributed by atoms with van der Waals surface area (Å²) in [6.07, 6.45) is 2.84. The molecule has 1 aliphatic carbocycles. The van der Waals surface area contributed by atoms with Crippen molar-refractivity contribution in [2.75, 3.05) is 0 Å². The second kappa shape index (κ2) is 4.18. The van der Waals surface area contributed by atoms with Crippen LogP contribution in [0.4, 0.5) is 0 Å². The van der Waals surface area contributed by atoms with Gasteiger partial charge in [0.1, 0.15) is 11.5 Å². The zero-order chi connectivity index (χ0) is 10.8. The van der Waals surface area contributed by atoms with Gasteiger partial charge in [-0.15, -0.1) is 0 Å². The van der Waals surface area contributed by atoms with Gasteiger partial charge >= 0.3 is 0 Å². The zero-order valence-electron chi connectivity index (χ0n) is 9.55. The largest absolute Gasteiger partial charge is 0.466 e. The van der Waals surface area contributed by atoms with E-state index < -0.39 is 5.60 Å². The molecule has 0 saturated carbocycles. The Morgan fingerprint density at radius 2 is 2.07 bits per heavy atom. The molecule has 2 heteroatoms. The van der Waals surface area contributed by atoms with Gasteiger partial charge in [0.25, 0.3) is 0 Å². The van der Waals surface area contributed by atoms with E-state index in [4.69, 9.17) is 4.42 Å². The first-order chi connectivity index (χ1) is 6.59. The molecule has 0 aliphatic heterocycles. The number of rotatable bonds is 0. The lowest BCUT2D eigenvalue weighted by Gasteiger charge is -2.27. The third kappa shape index (κ3) is 2.01. The Bertz CT molecular complexity index is 297. The number of aliphatic hydroxyl groups is 1. The van der Waals surface area contributed by atoms with Crippen molar-refractivity contribution >= 4 is 0 Å². The standard InChI is InChI=1S/C10H14O2.C2H6/c1-7-6-8-9(12-7)4-3-5-10(8,2)11;1-2/h6,11H,3-5H2,1-2H3;1-2H3. The molecule has 0 amide bonds. The number of hydrogen-bond acceptors (Lipinski definition) is 2. The Balaban J connectivity index is 0.000000461. The number of aryl methyl sites for hydroxylation is 2. The summed E-state index contributed by atoms with van der Waals surface area (Å²) in [6.45, 7) is 7.79. The molecule has 1 unspecified atom stereocenters. The Kier molecular flexibility index (Phi) is 3.38. The second-order valence-corrected chi connectivity index (χ2v) is 3.82. The van der Waals surface area contributed by atoms with E-state index >= 15 is 0 Å². The van der Waals surface area contributed by atoms with Crippen molar-refractivity contribution in [2.24, 2.45) is 0 Å². The molecule has 1 aliphatic rings. The summed E-state index contributed by atoms with van der Waals surface area (Å²) in [7, 11) is 0. The van der Waals surface area contributed by atoms with Crippen LogP contribution in [0.15, 0.2) is 10.5 Å². The smallest absolute Gasteiger partial charge is 0.110 e. The minimum absolute atomic E-state index is 0.661. The molecule has 1 heterocycles. The van der Waals surface area contributed by atoms with E-state index in [9.17, 15) is 5.11 Å². The Labute approximate surface area is 85.9 Å². The lowest BCUT2D eigenvalue weighted by Crippen LogP contribution is -2.25. The molecule has 0 bridgehead atoms. The van der Waals surface area contributed by atoms with Gasteiger partial charge in [-0.25, -0.2) is 0 Å². The van der Waals surface area contributed by atoms with Crippen molar-refractivity contribution < 1.29 is 9.52 Å². The highest BCUT2D eigenvalue weighted by Crippen LogP contribution is 2.36. The van der Waals surface area contributed by atoms with Crippen molar-refractivity contribution in [1.29, 1.82) is 0 Å². The summed E-state index contributed by atoms with van der Waals surface area (Å²) in [6, 6.07) is 1.95. The Hall–Kier alpha value is -0.760. The molecule has 80 valence electrons. The van der Waals surface area contributed by atoms with Gasteiger partial charge in [0.05, 0.1) is 5.60 Å². The molecule has 0 fully saturated rings. The minimum atomic E-state index is -0.661.